The smallest absolute Gasteiger partial charge is 0.268 e. The second kappa shape index (κ2) is 10.6. The summed E-state index contributed by atoms with van der Waals surface area (Å²) in [5, 5.41) is 16.2. The van der Waals surface area contributed by atoms with Gasteiger partial charge < -0.3 is 9.30 Å². The number of nitrogens with zero attached hydrogens (tertiary/aromatic N) is 3. The normalized spacial score (nSPS) is 11.4. The Morgan fingerprint density at radius 2 is 2.06 bits per heavy atom. The summed E-state index contributed by atoms with van der Waals surface area (Å²) < 4.78 is 8.06. The summed E-state index contributed by atoms with van der Waals surface area (Å²) in [6.07, 6.45) is 5.98. The van der Waals surface area contributed by atoms with E-state index in [1.54, 1.807) is 17.7 Å². The number of amides is 1. The van der Waals surface area contributed by atoms with Gasteiger partial charge in [-0.25, -0.2) is 4.98 Å². The minimum atomic E-state index is -0.476. The molecule has 2 aromatic carbocycles. The zero-order chi connectivity index (χ0) is 24.1. The fraction of sp³-hybridized carbons (Fsp3) is 0.192. The molecule has 34 heavy (non-hydrogen) atoms. The van der Waals surface area contributed by atoms with Gasteiger partial charge in [-0.2, -0.15) is 5.26 Å². The Morgan fingerprint density at radius 1 is 1.29 bits per heavy atom. The van der Waals surface area contributed by atoms with Crippen LogP contribution in [-0.4, -0.2) is 22.1 Å². The molecule has 0 atom stereocenters. The molecule has 4 aromatic rings. The maximum Gasteiger partial charge on any atom is 0.268 e. The van der Waals surface area contributed by atoms with Gasteiger partial charge in [0.1, 0.15) is 17.4 Å². The molecule has 1 amide bonds. The van der Waals surface area contributed by atoms with Gasteiger partial charge in [-0.3, -0.25) is 10.1 Å². The molecule has 2 heterocycles. The van der Waals surface area contributed by atoms with Crippen LogP contribution in [0.4, 0.5) is 5.13 Å². The van der Waals surface area contributed by atoms with Crippen molar-refractivity contribution in [1.29, 1.82) is 5.26 Å². The van der Waals surface area contributed by atoms with E-state index in [2.05, 4.69) is 14.9 Å². The van der Waals surface area contributed by atoms with E-state index in [0.29, 0.717) is 11.7 Å². The second-order valence-electron chi connectivity index (χ2n) is 7.83. The first kappa shape index (κ1) is 23.6. The summed E-state index contributed by atoms with van der Waals surface area (Å²) in [5.41, 5.74) is 3.86. The molecular weight excluding hydrogens is 468 g/mol. The van der Waals surface area contributed by atoms with Gasteiger partial charge in [0.15, 0.2) is 5.13 Å². The standard InChI is InChI=1S/C26H23ClN4O2S/c1-17-12-21(13-18(2)24(17)27)33-10-5-9-31-16-20(22-6-3-4-7-23(22)31)14-19(15-28)25(32)30-26-29-8-11-34-26/h3-4,6-8,11-14,16H,5,9-10H2,1-2H3,(H,29,30,32)/b19-14-. The molecule has 0 saturated heterocycles. The molecule has 4 rings (SSSR count). The summed E-state index contributed by atoms with van der Waals surface area (Å²) in [6.45, 7) is 5.22. The predicted molar refractivity (Wildman–Crippen MR) is 137 cm³/mol. The Kier molecular flexibility index (Phi) is 7.31. The maximum absolute atomic E-state index is 12.5. The molecule has 6 nitrogen and oxygen atoms in total. The van der Waals surface area contributed by atoms with E-state index < -0.39 is 5.91 Å². The predicted octanol–water partition coefficient (Wildman–Crippen LogP) is 6.38. The number of hydrogen-bond donors (Lipinski definition) is 1. The number of nitriles is 1. The summed E-state index contributed by atoms with van der Waals surface area (Å²) >= 11 is 7.54. The molecule has 0 bridgehead atoms. The van der Waals surface area contributed by atoms with Crippen molar-refractivity contribution in [2.45, 2.75) is 26.8 Å². The molecule has 0 spiro atoms. The Morgan fingerprint density at radius 3 is 2.76 bits per heavy atom. The Balaban J connectivity index is 1.48. The van der Waals surface area contributed by atoms with Crippen molar-refractivity contribution in [2.75, 3.05) is 11.9 Å². The number of para-hydroxylation sites is 1. The minimum absolute atomic E-state index is 0.0231. The van der Waals surface area contributed by atoms with E-state index >= 15 is 0 Å². The number of rotatable bonds is 8. The van der Waals surface area contributed by atoms with Crippen LogP contribution in [-0.2, 0) is 11.3 Å². The highest BCUT2D eigenvalue weighted by Crippen LogP contribution is 2.27. The van der Waals surface area contributed by atoms with E-state index in [0.717, 1.165) is 51.3 Å². The lowest BCUT2D eigenvalue weighted by molar-refractivity contribution is -0.112. The number of anilines is 1. The van der Waals surface area contributed by atoms with E-state index in [-0.39, 0.29) is 5.57 Å². The molecule has 0 fully saturated rings. The van der Waals surface area contributed by atoms with Crippen molar-refractivity contribution in [1.82, 2.24) is 9.55 Å². The number of carbonyl (C=O) groups is 1. The van der Waals surface area contributed by atoms with Crippen LogP contribution in [0.15, 0.2) is 59.7 Å². The molecule has 0 aliphatic rings. The summed E-state index contributed by atoms with van der Waals surface area (Å²) in [6, 6.07) is 13.8. The fourth-order valence-corrected chi connectivity index (χ4v) is 4.38. The zero-order valence-corrected chi connectivity index (χ0v) is 20.4. The van der Waals surface area contributed by atoms with Crippen molar-refractivity contribution >= 4 is 51.0 Å². The van der Waals surface area contributed by atoms with Crippen LogP contribution in [0.25, 0.3) is 17.0 Å². The van der Waals surface area contributed by atoms with Crippen LogP contribution < -0.4 is 10.1 Å². The number of aromatic nitrogens is 2. The van der Waals surface area contributed by atoms with Gasteiger partial charge in [-0.1, -0.05) is 29.8 Å². The van der Waals surface area contributed by atoms with Gasteiger partial charge >= 0.3 is 0 Å². The maximum atomic E-state index is 12.5. The number of fused-ring (bicyclic) bond motifs is 1. The summed E-state index contributed by atoms with van der Waals surface area (Å²) in [5.74, 6) is 0.335. The number of nitrogens with one attached hydrogen (secondary N) is 1. The van der Waals surface area contributed by atoms with Crippen LogP contribution in [0.3, 0.4) is 0 Å². The molecule has 172 valence electrons. The number of carbonyl (C=O) groups excluding carboxylic acids is 1. The van der Waals surface area contributed by atoms with Gasteiger partial charge in [0.05, 0.1) is 6.61 Å². The number of hydrogen-bond acceptors (Lipinski definition) is 5. The third kappa shape index (κ3) is 5.30. The second-order valence-corrected chi connectivity index (χ2v) is 9.10. The Hall–Kier alpha value is -3.60. The summed E-state index contributed by atoms with van der Waals surface area (Å²) in [7, 11) is 0. The lowest BCUT2D eigenvalue weighted by Gasteiger charge is -2.10. The molecule has 2 aromatic heterocycles. The van der Waals surface area contributed by atoms with Crippen molar-refractivity contribution in [3.05, 3.63) is 81.5 Å². The highest BCUT2D eigenvalue weighted by molar-refractivity contribution is 7.13. The van der Waals surface area contributed by atoms with Crippen LogP contribution in [0.1, 0.15) is 23.1 Å². The van der Waals surface area contributed by atoms with Crippen molar-refractivity contribution in [2.24, 2.45) is 0 Å². The van der Waals surface area contributed by atoms with Crippen LogP contribution in [0, 0.1) is 25.2 Å². The average molecular weight is 491 g/mol. The SMILES string of the molecule is Cc1cc(OCCCn2cc(/C=C(/C#N)C(=O)Nc3nccs3)c3ccccc32)cc(C)c1Cl. The molecule has 0 saturated carbocycles. The largest absolute Gasteiger partial charge is 0.494 e. The van der Waals surface area contributed by atoms with Gasteiger partial charge in [0.25, 0.3) is 5.91 Å². The van der Waals surface area contributed by atoms with Gasteiger partial charge in [-0.15, -0.1) is 11.3 Å². The van der Waals surface area contributed by atoms with E-state index in [1.165, 1.54) is 11.3 Å². The molecule has 0 radical (unpaired) electrons. The first-order valence-electron chi connectivity index (χ1n) is 10.8. The van der Waals surface area contributed by atoms with E-state index in [1.807, 2.05) is 62.5 Å². The fourth-order valence-electron chi connectivity index (χ4n) is 3.74. The van der Waals surface area contributed by atoms with Crippen LogP contribution in [0.5, 0.6) is 5.75 Å². The van der Waals surface area contributed by atoms with Gasteiger partial charge in [-0.05, 0) is 55.7 Å². The van der Waals surface area contributed by atoms with Gasteiger partial charge in [0, 0.05) is 45.8 Å². The Bertz CT molecular complexity index is 1380. The lowest BCUT2D eigenvalue weighted by Crippen LogP contribution is -2.13. The van der Waals surface area contributed by atoms with E-state index in [9.17, 15) is 10.1 Å². The van der Waals surface area contributed by atoms with Crippen LogP contribution >= 0.6 is 22.9 Å². The minimum Gasteiger partial charge on any atom is -0.494 e. The quantitative estimate of drug-likeness (QED) is 0.176. The number of benzene rings is 2. The third-order valence-electron chi connectivity index (χ3n) is 5.36. The molecule has 1 N–H and O–H groups in total. The van der Waals surface area contributed by atoms with Crippen molar-refractivity contribution in [3.63, 3.8) is 0 Å². The number of ether oxygens (including phenoxy) is 1. The number of halogens is 1. The zero-order valence-electron chi connectivity index (χ0n) is 18.8. The monoisotopic (exact) mass is 490 g/mol. The molecule has 0 aliphatic heterocycles. The lowest BCUT2D eigenvalue weighted by atomic mass is 10.1. The first-order valence-corrected chi connectivity index (χ1v) is 12.0. The topological polar surface area (TPSA) is 79.9 Å². The third-order valence-corrected chi connectivity index (χ3v) is 6.64. The van der Waals surface area contributed by atoms with Crippen molar-refractivity contribution in [3.8, 4) is 11.8 Å². The van der Waals surface area contributed by atoms with E-state index in [4.69, 9.17) is 16.3 Å². The molecular formula is C26H23ClN4O2S. The van der Waals surface area contributed by atoms with Gasteiger partial charge in [0.2, 0.25) is 0 Å². The molecule has 0 aliphatic carbocycles. The number of thiazole rings is 1. The Labute approximate surface area is 207 Å². The van der Waals surface area contributed by atoms with Crippen LogP contribution in [0.2, 0.25) is 5.02 Å². The van der Waals surface area contributed by atoms with Crippen molar-refractivity contribution < 1.29 is 9.53 Å². The summed E-state index contributed by atoms with van der Waals surface area (Å²) in [4.78, 5) is 16.6. The molecule has 0 unspecified atom stereocenters. The first-order chi connectivity index (χ1) is 16.5. The molecule has 8 heteroatoms. The highest BCUT2D eigenvalue weighted by atomic mass is 35.5. The number of aryl methyl sites for hydroxylation is 3. The average Bonchev–Trinajstić information content (AvgIpc) is 3.46. The highest BCUT2D eigenvalue weighted by Gasteiger charge is 2.13.